The van der Waals surface area contributed by atoms with Gasteiger partial charge in [0, 0.05) is 15.4 Å². The number of amides is 1. The Hall–Kier alpha value is -2.57. The molecule has 1 heterocycles. The molecule has 116 valence electrons. The maximum absolute atomic E-state index is 12.0. The molecule has 23 heavy (non-hydrogen) atoms. The fourth-order valence-electron chi connectivity index (χ4n) is 2.07. The van der Waals surface area contributed by atoms with Gasteiger partial charge in [0.25, 0.3) is 5.91 Å². The Morgan fingerprint density at radius 2 is 1.74 bits per heavy atom. The number of halogens is 2. The zero-order chi connectivity index (χ0) is 16.6. The van der Waals surface area contributed by atoms with E-state index in [1.165, 1.54) is 18.2 Å². The monoisotopic (exact) mass is 349 g/mol. The summed E-state index contributed by atoms with van der Waals surface area (Å²) in [6.45, 7) is 0. The number of azo groups is 1. The molecule has 0 bridgehead atoms. The molecule has 0 atom stereocenters. The number of H-pyrrole nitrogens is 1. The third kappa shape index (κ3) is 2.99. The second-order valence-corrected chi connectivity index (χ2v) is 5.55. The number of nitrogens with one attached hydrogen (secondary N) is 1. The summed E-state index contributed by atoms with van der Waals surface area (Å²) in [6.07, 6.45) is 0. The number of benzene rings is 2. The normalized spacial score (nSPS) is 11.4. The first-order valence-electron chi connectivity index (χ1n) is 6.40. The number of fused-ring (bicyclic) bond motifs is 1. The second kappa shape index (κ2) is 5.91. The van der Waals surface area contributed by atoms with Crippen LogP contribution < -0.4 is 0 Å². The molecule has 0 radical (unpaired) electrons. The number of hydrogen-bond donors (Lipinski definition) is 3. The van der Waals surface area contributed by atoms with Crippen molar-refractivity contribution in [1.29, 1.82) is 0 Å². The minimum absolute atomic E-state index is 0.0809. The van der Waals surface area contributed by atoms with Crippen LogP contribution in [0.3, 0.4) is 0 Å². The van der Waals surface area contributed by atoms with E-state index in [0.29, 0.717) is 15.9 Å². The molecule has 6 nitrogen and oxygen atoms in total. The fourth-order valence-corrected chi connectivity index (χ4v) is 2.41. The first kappa shape index (κ1) is 15.3. The number of aromatic nitrogens is 1. The highest BCUT2D eigenvalue weighted by Crippen LogP contribution is 2.37. The first-order valence-corrected chi connectivity index (χ1v) is 7.16. The molecule has 0 fully saturated rings. The smallest absolute Gasteiger partial charge is 0.299 e. The van der Waals surface area contributed by atoms with Gasteiger partial charge in [0.2, 0.25) is 5.88 Å². The van der Waals surface area contributed by atoms with Crippen LogP contribution in [0.1, 0.15) is 10.4 Å². The third-order valence-corrected chi connectivity index (χ3v) is 3.61. The lowest BCUT2D eigenvalue weighted by Crippen LogP contribution is -1.94. The predicted molar refractivity (Wildman–Crippen MR) is 86.9 cm³/mol. The van der Waals surface area contributed by atoms with Gasteiger partial charge in [0.15, 0.2) is 5.69 Å². The van der Waals surface area contributed by atoms with Crippen molar-refractivity contribution in [3.8, 4) is 11.6 Å². The van der Waals surface area contributed by atoms with Crippen LogP contribution in [-0.4, -0.2) is 21.1 Å². The standard InChI is InChI=1S/C15H9Cl2N3O3/c16-7-1-3-11-9(5-7)13(15(23)18-11)19-20-14(22)10-6-8(17)2-4-12(10)21/h1-6,18,21,23H. The molecule has 0 saturated carbocycles. The molecular formula is C15H9Cl2N3O3. The highest BCUT2D eigenvalue weighted by atomic mass is 35.5. The van der Waals surface area contributed by atoms with Gasteiger partial charge < -0.3 is 15.2 Å². The summed E-state index contributed by atoms with van der Waals surface area (Å²) in [6, 6.07) is 8.91. The predicted octanol–water partition coefficient (Wildman–Crippen LogP) is 4.81. The number of phenolic OH excluding ortho intramolecular Hbond substituents is 1. The average molecular weight is 350 g/mol. The zero-order valence-corrected chi connectivity index (χ0v) is 12.9. The molecule has 0 aliphatic carbocycles. The Kier molecular flexibility index (Phi) is 3.94. The highest BCUT2D eigenvalue weighted by Gasteiger charge is 2.14. The fraction of sp³-hybridized carbons (Fsp3) is 0. The summed E-state index contributed by atoms with van der Waals surface area (Å²) >= 11 is 11.7. The molecule has 0 aliphatic rings. The molecule has 0 unspecified atom stereocenters. The van der Waals surface area contributed by atoms with Gasteiger partial charge in [-0.2, -0.15) is 0 Å². The Morgan fingerprint density at radius 1 is 1.04 bits per heavy atom. The minimum Gasteiger partial charge on any atom is -0.507 e. The Morgan fingerprint density at radius 3 is 2.52 bits per heavy atom. The van der Waals surface area contributed by atoms with E-state index in [1.54, 1.807) is 18.2 Å². The molecule has 3 N–H and O–H groups in total. The topological polar surface area (TPSA) is 98.0 Å². The Bertz CT molecular complexity index is 951. The largest absolute Gasteiger partial charge is 0.507 e. The van der Waals surface area contributed by atoms with Crippen LogP contribution in [0.5, 0.6) is 11.6 Å². The molecule has 1 aromatic heterocycles. The second-order valence-electron chi connectivity index (χ2n) is 4.68. The van der Waals surface area contributed by atoms with Crippen molar-refractivity contribution in [2.24, 2.45) is 10.2 Å². The van der Waals surface area contributed by atoms with E-state index in [4.69, 9.17) is 23.2 Å². The van der Waals surface area contributed by atoms with Crippen molar-refractivity contribution in [2.75, 3.05) is 0 Å². The molecule has 8 heteroatoms. The van der Waals surface area contributed by atoms with Crippen molar-refractivity contribution >= 4 is 45.7 Å². The molecule has 0 spiro atoms. The van der Waals surface area contributed by atoms with Crippen molar-refractivity contribution in [3.05, 3.63) is 52.0 Å². The number of hydrogen-bond acceptors (Lipinski definition) is 4. The summed E-state index contributed by atoms with van der Waals surface area (Å²) in [5, 5.41) is 28.1. The van der Waals surface area contributed by atoms with Crippen molar-refractivity contribution in [1.82, 2.24) is 4.98 Å². The number of carbonyl (C=O) groups excluding carboxylic acids is 1. The van der Waals surface area contributed by atoms with Gasteiger partial charge in [-0.15, -0.1) is 10.2 Å². The summed E-state index contributed by atoms with van der Waals surface area (Å²) in [7, 11) is 0. The third-order valence-electron chi connectivity index (χ3n) is 3.14. The highest BCUT2D eigenvalue weighted by molar-refractivity contribution is 6.31. The van der Waals surface area contributed by atoms with Crippen LogP contribution in [0.15, 0.2) is 46.6 Å². The van der Waals surface area contributed by atoms with Gasteiger partial charge in [-0.25, -0.2) is 0 Å². The van der Waals surface area contributed by atoms with Crippen LogP contribution in [0.2, 0.25) is 10.0 Å². The van der Waals surface area contributed by atoms with Crippen LogP contribution in [-0.2, 0) is 0 Å². The van der Waals surface area contributed by atoms with E-state index in [1.807, 2.05) is 0 Å². The zero-order valence-electron chi connectivity index (χ0n) is 11.4. The molecule has 0 aliphatic heterocycles. The summed E-state index contributed by atoms with van der Waals surface area (Å²) in [5.74, 6) is -1.29. The lowest BCUT2D eigenvalue weighted by atomic mass is 10.2. The van der Waals surface area contributed by atoms with E-state index >= 15 is 0 Å². The van der Waals surface area contributed by atoms with Crippen LogP contribution >= 0.6 is 23.2 Å². The Labute approximate surface area is 140 Å². The summed E-state index contributed by atoms with van der Waals surface area (Å²) in [4.78, 5) is 14.7. The lowest BCUT2D eigenvalue weighted by molar-refractivity contribution is 0.0992. The molecule has 0 saturated heterocycles. The van der Waals surface area contributed by atoms with Gasteiger partial charge in [0.1, 0.15) is 5.75 Å². The van der Waals surface area contributed by atoms with Gasteiger partial charge >= 0.3 is 0 Å². The Balaban J connectivity index is 2.00. The van der Waals surface area contributed by atoms with Crippen molar-refractivity contribution < 1.29 is 15.0 Å². The maximum atomic E-state index is 12.0. The van der Waals surface area contributed by atoms with Crippen LogP contribution in [0.4, 0.5) is 5.69 Å². The lowest BCUT2D eigenvalue weighted by Gasteiger charge is -1.99. The van der Waals surface area contributed by atoms with Crippen molar-refractivity contribution in [2.45, 2.75) is 0 Å². The van der Waals surface area contributed by atoms with E-state index in [2.05, 4.69) is 15.2 Å². The number of carbonyl (C=O) groups is 1. The molecule has 1 amide bonds. The minimum atomic E-state index is -0.791. The van der Waals surface area contributed by atoms with E-state index in [0.717, 1.165) is 0 Å². The molecule has 2 aromatic carbocycles. The van der Waals surface area contributed by atoms with Gasteiger partial charge in [-0.3, -0.25) is 4.79 Å². The number of phenols is 1. The molecule has 3 rings (SSSR count). The quantitative estimate of drug-likeness (QED) is 0.579. The van der Waals surface area contributed by atoms with E-state index in [9.17, 15) is 15.0 Å². The van der Waals surface area contributed by atoms with Crippen LogP contribution in [0, 0.1) is 0 Å². The molecular weight excluding hydrogens is 341 g/mol. The van der Waals surface area contributed by atoms with Gasteiger partial charge in [0.05, 0.1) is 11.1 Å². The SMILES string of the molecule is O=C(N=Nc1c(O)[nH]c2ccc(Cl)cc12)c1cc(Cl)ccc1O. The van der Waals surface area contributed by atoms with Crippen molar-refractivity contribution in [3.63, 3.8) is 0 Å². The van der Waals surface area contributed by atoms with E-state index in [-0.39, 0.29) is 27.9 Å². The van der Waals surface area contributed by atoms with Gasteiger partial charge in [-0.05, 0) is 36.4 Å². The van der Waals surface area contributed by atoms with Gasteiger partial charge in [-0.1, -0.05) is 23.2 Å². The molecule has 3 aromatic rings. The summed E-state index contributed by atoms with van der Waals surface area (Å²) in [5.41, 5.74) is 0.592. The number of aromatic hydroxyl groups is 2. The number of aromatic amines is 1. The maximum Gasteiger partial charge on any atom is 0.299 e. The van der Waals surface area contributed by atoms with E-state index < -0.39 is 5.91 Å². The summed E-state index contributed by atoms with van der Waals surface area (Å²) < 4.78 is 0. The number of rotatable bonds is 2. The average Bonchev–Trinajstić information content (AvgIpc) is 2.82. The first-order chi connectivity index (χ1) is 11.0. The van der Waals surface area contributed by atoms with Crippen LogP contribution in [0.25, 0.3) is 10.9 Å². The number of nitrogens with zero attached hydrogens (tertiary/aromatic N) is 2.